The lowest BCUT2D eigenvalue weighted by atomic mass is 10.6. The summed E-state index contributed by atoms with van der Waals surface area (Å²) in [6.07, 6.45) is 3.20. The fourth-order valence-electron chi connectivity index (χ4n) is 0.880. The Morgan fingerprint density at radius 3 is 2.86 bits per heavy atom. The summed E-state index contributed by atoms with van der Waals surface area (Å²) < 4.78 is 0.961. The average Bonchev–Trinajstić information content (AvgIpc) is 2.51. The van der Waals surface area contributed by atoms with E-state index >= 15 is 0 Å². The Morgan fingerprint density at radius 2 is 2.21 bits per heavy atom. The minimum atomic E-state index is 0.434. The molecule has 0 radical (unpaired) electrons. The van der Waals surface area contributed by atoms with Crippen LogP contribution >= 0.6 is 23.1 Å². The van der Waals surface area contributed by atoms with Crippen LogP contribution in [0.2, 0.25) is 0 Å². The molecule has 0 saturated heterocycles. The largest absolute Gasteiger partial charge is 0.382 e. The second kappa shape index (κ2) is 3.93. The molecule has 0 bridgehead atoms. The number of hydrogen-bond acceptors (Lipinski definition) is 6. The summed E-state index contributed by atoms with van der Waals surface area (Å²) in [6, 6.07) is 0. The van der Waals surface area contributed by atoms with Crippen LogP contribution in [0.3, 0.4) is 0 Å². The maximum atomic E-state index is 5.51. The van der Waals surface area contributed by atoms with Gasteiger partial charge < -0.3 is 5.73 Å². The SMILES string of the molecule is Cc1csc(Sc2cncc(N)n2)n1. The first-order chi connectivity index (χ1) is 6.74. The van der Waals surface area contributed by atoms with Gasteiger partial charge in [-0.25, -0.2) is 9.97 Å². The van der Waals surface area contributed by atoms with Gasteiger partial charge in [-0.3, -0.25) is 4.98 Å². The molecule has 2 N–H and O–H groups in total. The number of nitrogen functional groups attached to an aromatic ring is 1. The Morgan fingerprint density at radius 1 is 1.36 bits per heavy atom. The molecule has 0 spiro atoms. The second-order valence-corrected chi connectivity index (χ2v) is 4.76. The molecule has 0 atom stereocenters. The minimum Gasteiger partial charge on any atom is -0.382 e. The fraction of sp³-hybridized carbons (Fsp3) is 0.125. The fourth-order valence-corrected chi connectivity index (χ4v) is 2.63. The third-order valence-corrected chi connectivity index (χ3v) is 3.38. The van der Waals surface area contributed by atoms with Crippen molar-refractivity contribution in [3.63, 3.8) is 0 Å². The number of thiazole rings is 1. The van der Waals surface area contributed by atoms with Crippen LogP contribution in [0.15, 0.2) is 27.1 Å². The molecule has 0 aromatic carbocycles. The highest BCUT2D eigenvalue weighted by molar-refractivity contribution is 8.00. The van der Waals surface area contributed by atoms with Gasteiger partial charge in [-0.1, -0.05) is 0 Å². The predicted molar refractivity (Wildman–Crippen MR) is 57.4 cm³/mol. The number of aromatic nitrogens is 3. The topological polar surface area (TPSA) is 64.7 Å². The van der Waals surface area contributed by atoms with Gasteiger partial charge in [0.25, 0.3) is 0 Å². The molecule has 2 rings (SSSR count). The molecule has 72 valence electrons. The van der Waals surface area contributed by atoms with Gasteiger partial charge in [0.05, 0.1) is 12.4 Å². The standard InChI is InChI=1S/C8H8N4S2/c1-5-4-13-8(11-5)14-7-3-10-2-6(9)12-7/h2-4H,1H3,(H2,9,12). The summed E-state index contributed by atoms with van der Waals surface area (Å²) in [4.78, 5) is 12.4. The molecule has 0 fully saturated rings. The van der Waals surface area contributed by atoms with Crippen molar-refractivity contribution in [2.75, 3.05) is 5.73 Å². The summed E-state index contributed by atoms with van der Waals surface area (Å²) in [5.41, 5.74) is 6.54. The monoisotopic (exact) mass is 224 g/mol. The molecule has 2 heterocycles. The molecular formula is C8H8N4S2. The van der Waals surface area contributed by atoms with Crippen LogP contribution in [-0.4, -0.2) is 15.0 Å². The van der Waals surface area contributed by atoms with E-state index in [1.807, 2.05) is 12.3 Å². The van der Waals surface area contributed by atoms with Crippen LogP contribution in [0, 0.1) is 6.92 Å². The maximum absolute atomic E-state index is 5.51. The first-order valence-electron chi connectivity index (χ1n) is 3.91. The van der Waals surface area contributed by atoms with Gasteiger partial charge in [0.1, 0.15) is 10.8 Å². The normalized spacial score (nSPS) is 10.4. The van der Waals surface area contributed by atoms with E-state index in [1.165, 1.54) is 18.0 Å². The lowest BCUT2D eigenvalue weighted by Gasteiger charge is -1.96. The number of hydrogen-bond donors (Lipinski definition) is 1. The maximum Gasteiger partial charge on any atom is 0.156 e. The molecule has 2 aromatic heterocycles. The van der Waals surface area contributed by atoms with Crippen LogP contribution < -0.4 is 5.73 Å². The summed E-state index contributed by atoms with van der Waals surface area (Å²) in [5.74, 6) is 0.434. The van der Waals surface area contributed by atoms with E-state index in [0.717, 1.165) is 15.1 Å². The highest BCUT2D eigenvalue weighted by Gasteiger charge is 2.03. The van der Waals surface area contributed by atoms with Gasteiger partial charge in [-0.15, -0.1) is 11.3 Å². The van der Waals surface area contributed by atoms with Crippen LogP contribution in [0.25, 0.3) is 0 Å². The van der Waals surface area contributed by atoms with E-state index in [4.69, 9.17) is 5.73 Å². The number of anilines is 1. The predicted octanol–water partition coefficient (Wildman–Crippen LogP) is 1.97. The Bertz CT molecular complexity index is 440. The lowest BCUT2D eigenvalue weighted by molar-refractivity contribution is 1.06. The first kappa shape index (κ1) is 9.42. The molecule has 0 aliphatic carbocycles. The highest BCUT2D eigenvalue weighted by Crippen LogP contribution is 2.28. The average molecular weight is 224 g/mol. The summed E-state index contributed by atoms with van der Waals surface area (Å²) in [6.45, 7) is 1.96. The molecule has 0 unspecified atom stereocenters. The van der Waals surface area contributed by atoms with Gasteiger partial charge in [0.15, 0.2) is 4.34 Å². The van der Waals surface area contributed by atoms with E-state index in [0.29, 0.717) is 5.82 Å². The second-order valence-electron chi connectivity index (χ2n) is 2.64. The van der Waals surface area contributed by atoms with E-state index < -0.39 is 0 Å². The van der Waals surface area contributed by atoms with Crippen molar-refractivity contribution < 1.29 is 0 Å². The van der Waals surface area contributed by atoms with Gasteiger partial charge in [-0.05, 0) is 18.7 Å². The Labute approximate surface area is 89.6 Å². The van der Waals surface area contributed by atoms with Crippen molar-refractivity contribution in [1.29, 1.82) is 0 Å². The molecule has 0 aliphatic heterocycles. The quantitative estimate of drug-likeness (QED) is 0.845. The Kier molecular flexibility index (Phi) is 2.64. The van der Waals surface area contributed by atoms with Crippen LogP contribution in [0.4, 0.5) is 5.82 Å². The molecule has 14 heavy (non-hydrogen) atoms. The molecule has 6 heteroatoms. The van der Waals surface area contributed by atoms with Crippen LogP contribution in [-0.2, 0) is 0 Å². The zero-order valence-electron chi connectivity index (χ0n) is 7.47. The van der Waals surface area contributed by atoms with Crippen LogP contribution in [0.5, 0.6) is 0 Å². The van der Waals surface area contributed by atoms with Crippen molar-refractivity contribution in [1.82, 2.24) is 15.0 Å². The molecular weight excluding hydrogens is 216 g/mol. The molecule has 0 aliphatic rings. The van der Waals surface area contributed by atoms with Gasteiger partial charge in [0.2, 0.25) is 0 Å². The van der Waals surface area contributed by atoms with E-state index in [9.17, 15) is 0 Å². The summed E-state index contributed by atoms with van der Waals surface area (Å²) >= 11 is 3.07. The number of nitrogens with two attached hydrogens (primary N) is 1. The van der Waals surface area contributed by atoms with Crippen molar-refractivity contribution in [3.8, 4) is 0 Å². The molecule has 0 amide bonds. The van der Waals surface area contributed by atoms with E-state index in [1.54, 1.807) is 17.5 Å². The first-order valence-corrected chi connectivity index (χ1v) is 5.61. The van der Waals surface area contributed by atoms with E-state index in [-0.39, 0.29) is 0 Å². The number of nitrogens with zero attached hydrogens (tertiary/aromatic N) is 3. The zero-order chi connectivity index (χ0) is 9.97. The van der Waals surface area contributed by atoms with Gasteiger partial charge in [-0.2, -0.15) is 0 Å². The number of rotatable bonds is 2. The van der Waals surface area contributed by atoms with Gasteiger partial charge >= 0.3 is 0 Å². The van der Waals surface area contributed by atoms with Crippen molar-refractivity contribution >= 4 is 28.9 Å². The molecule has 2 aromatic rings. The Balaban J connectivity index is 2.18. The molecule has 0 saturated carbocycles. The third-order valence-electron chi connectivity index (χ3n) is 1.42. The summed E-state index contributed by atoms with van der Waals surface area (Å²) in [5, 5.41) is 2.78. The third kappa shape index (κ3) is 2.21. The van der Waals surface area contributed by atoms with Crippen molar-refractivity contribution in [2.24, 2.45) is 0 Å². The van der Waals surface area contributed by atoms with Gasteiger partial charge in [0, 0.05) is 11.1 Å². The zero-order valence-corrected chi connectivity index (χ0v) is 9.10. The van der Waals surface area contributed by atoms with E-state index in [2.05, 4.69) is 15.0 Å². The smallest absolute Gasteiger partial charge is 0.156 e. The highest BCUT2D eigenvalue weighted by atomic mass is 32.2. The lowest BCUT2D eigenvalue weighted by Crippen LogP contribution is -1.91. The molecule has 4 nitrogen and oxygen atoms in total. The van der Waals surface area contributed by atoms with Crippen molar-refractivity contribution in [3.05, 3.63) is 23.5 Å². The van der Waals surface area contributed by atoms with Crippen molar-refractivity contribution in [2.45, 2.75) is 16.3 Å². The van der Waals surface area contributed by atoms with Crippen LogP contribution in [0.1, 0.15) is 5.69 Å². The Hall–Kier alpha value is -1.14. The summed E-state index contributed by atoms with van der Waals surface area (Å²) in [7, 11) is 0. The minimum absolute atomic E-state index is 0.434. The number of aryl methyl sites for hydroxylation is 1.